The van der Waals surface area contributed by atoms with Crippen molar-refractivity contribution in [1.29, 1.82) is 0 Å². The van der Waals surface area contributed by atoms with Crippen molar-refractivity contribution < 1.29 is 23.7 Å². The number of rotatable bonds is 16. The Morgan fingerprint density at radius 2 is 1.53 bits per heavy atom. The number of pyridine rings is 1. The lowest BCUT2D eigenvalue weighted by Crippen LogP contribution is -2.44. The van der Waals surface area contributed by atoms with Crippen LogP contribution in [0.15, 0.2) is 59.3 Å². The number of methoxy groups -OCH3 is 2. The molecule has 3 aromatic heterocycles. The maximum absolute atomic E-state index is 12.8. The summed E-state index contributed by atoms with van der Waals surface area (Å²) < 4.78 is 26.4. The van der Waals surface area contributed by atoms with Crippen LogP contribution in [0.3, 0.4) is 0 Å². The number of hydrogen-bond acceptors (Lipinski definition) is 9. The standard InChI is InChI=1S/C38H54BrN5O5Si2/c1-46-37(45)38(47-2)18-16-29(17-19-38)34-33(39)36(43(26-48-20-22-50(3,4)5)27-49-21-23-51(6,7)8)44-35(42-34)31(25-41-44)30-14-15-32(40-24-30)28-12-10-9-11-13-28/h9-15,24-25,29H,16-23,26-27H2,1-8H3. The number of halogens is 1. The number of benzene rings is 1. The second kappa shape index (κ2) is 16.8. The molecule has 1 aromatic carbocycles. The van der Waals surface area contributed by atoms with Gasteiger partial charge in [0.2, 0.25) is 0 Å². The zero-order valence-corrected chi connectivity index (χ0v) is 35.1. The Kier molecular flexibility index (Phi) is 12.9. The summed E-state index contributed by atoms with van der Waals surface area (Å²) in [5.74, 6) is 0.570. The molecule has 5 rings (SSSR count). The van der Waals surface area contributed by atoms with E-state index in [0.29, 0.717) is 52.4 Å². The maximum atomic E-state index is 12.8. The second-order valence-corrected chi connectivity index (χ2v) is 28.0. The molecule has 0 spiro atoms. The average Bonchev–Trinajstić information content (AvgIpc) is 3.53. The van der Waals surface area contributed by atoms with Crippen molar-refractivity contribution in [1.82, 2.24) is 19.6 Å². The monoisotopic (exact) mass is 795 g/mol. The zero-order chi connectivity index (χ0) is 36.8. The highest BCUT2D eigenvalue weighted by atomic mass is 79.9. The minimum Gasteiger partial charge on any atom is -0.467 e. The number of carbonyl (C=O) groups is 1. The van der Waals surface area contributed by atoms with Crippen molar-refractivity contribution in [2.24, 2.45) is 0 Å². The molecule has 0 bridgehead atoms. The Balaban J connectivity index is 1.56. The van der Waals surface area contributed by atoms with Crippen LogP contribution in [0.25, 0.3) is 28.0 Å². The van der Waals surface area contributed by atoms with Gasteiger partial charge in [0.25, 0.3) is 0 Å². The molecule has 3 heterocycles. The predicted molar refractivity (Wildman–Crippen MR) is 213 cm³/mol. The SMILES string of the molecule is COC(=O)C1(OC)CCC(c2nc3c(-c4ccc(-c5ccccc5)nc4)cnn3c(N(COCC[Si](C)(C)C)COCC[Si](C)(C)C)c2Br)CC1. The van der Waals surface area contributed by atoms with Crippen LogP contribution in [0.4, 0.5) is 5.82 Å². The van der Waals surface area contributed by atoms with E-state index in [1.165, 1.54) is 7.11 Å². The zero-order valence-electron chi connectivity index (χ0n) is 31.5. The number of hydrogen-bond donors (Lipinski definition) is 0. The highest BCUT2D eigenvalue weighted by Gasteiger charge is 2.44. The fraction of sp³-hybridized carbons (Fsp3) is 0.526. The van der Waals surface area contributed by atoms with E-state index in [0.717, 1.165) is 56.1 Å². The number of anilines is 1. The molecular formula is C38H54BrN5O5Si2. The molecule has 1 fully saturated rings. The number of ether oxygens (including phenoxy) is 4. The molecule has 1 aliphatic carbocycles. The van der Waals surface area contributed by atoms with Crippen LogP contribution in [0.1, 0.15) is 37.3 Å². The van der Waals surface area contributed by atoms with Crippen LogP contribution < -0.4 is 4.90 Å². The molecule has 1 aliphatic rings. The van der Waals surface area contributed by atoms with E-state index in [1.807, 2.05) is 41.2 Å². The highest BCUT2D eigenvalue weighted by Crippen LogP contribution is 2.44. The van der Waals surface area contributed by atoms with Gasteiger partial charge in [-0.3, -0.25) is 4.98 Å². The van der Waals surface area contributed by atoms with Crippen molar-refractivity contribution >= 4 is 49.5 Å². The summed E-state index contributed by atoms with van der Waals surface area (Å²) >= 11 is 4.01. The van der Waals surface area contributed by atoms with Gasteiger partial charge in [-0.15, -0.1) is 0 Å². The first kappa shape index (κ1) is 39.3. The van der Waals surface area contributed by atoms with Gasteiger partial charge in [0.1, 0.15) is 13.5 Å². The summed E-state index contributed by atoms with van der Waals surface area (Å²) in [7, 11) is 0.431. The van der Waals surface area contributed by atoms with Crippen molar-refractivity contribution in [2.45, 2.75) is 88.6 Å². The molecule has 0 unspecified atom stereocenters. The minimum atomic E-state index is -1.29. The Morgan fingerprint density at radius 3 is 2.06 bits per heavy atom. The number of nitrogens with zero attached hydrogens (tertiary/aromatic N) is 5. The lowest BCUT2D eigenvalue weighted by molar-refractivity contribution is -0.170. The van der Waals surface area contributed by atoms with Gasteiger partial charge in [-0.2, -0.15) is 9.61 Å². The van der Waals surface area contributed by atoms with E-state index in [9.17, 15) is 4.79 Å². The Bertz CT molecular complexity index is 1730. The molecule has 0 N–H and O–H groups in total. The molecule has 276 valence electrons. The van der Waals surface area contributed by atoms with Crippen molar-refractivity contribution in [3.63, 3.8) is 0 Å². The smallest absolute Gasteiger partial charge is 0.338 e. The van der Waals surface area contributed by atoms with Crippen LogP contribution in [0.5, 0.6) is 0 Å². The normalized spacial score (nSPS) is 18.3. The predicted octanol–water partition coefficient (Wildman–Crippen LogP) is 8.87. The average molecular weight is 797 g/mol. The Labute approximate surface area is 313 Å². The lowest BCUT2D eigenvalue weighted by Gasteiger charge is -2.37. The number of esters is 1. The van der Waals surface area contributed by atoms with Gasteiger partial charge in [0, 0.05) is 65.3 Å². The third-order valence-corrected chi connectivity index (χ3v) is 13.8. The lowest BCUT2D eigenvalue weighted by atomic mass is 9.77. The summed E-state index contributed by atoms with van der Waals surface area (Å²) in [4.78, 5) is 25.0. The quantitative estimate of drug-likeness (QED) is 0.0477. The summed E-state index contributed by atoms with van der Waals surface area (Å²) in [6.07, 6.45) is 6.25. The van der Waals surface area contributed by atoms with Gasteiger partial charge in [-0.25, -0.2) is 9.78 Å². The highest BCUT2D eigenvalue weighted by molar-refractivity contribution is 9.10. The molecular weight excluding hydrogens is 743 g/mol. The number of aromatic nitrogens is 4. The molecule has 0 aliphatic heterocycles. The third-order valence-electron chi connectivity index (χ3n) is 9.65. The van der Waals surface area contributed by atoms with Crippen molar-refractivity contribution in [2.75, 3.05) is 45.8 Å². The van der Waals surface area contributed by atoms with Crippen LogP contribution in [-0.2, 0) is 23.7 Å². The van der Waals surface area contributed by atoms with Crippen LogP contribution in [0, 0.1) is 0 Å². The molecule has 1 saturated carbocycles. The first-order valence-electron chi connectivity index (χ1n) is 17.9. The molecule has 0 atom stereocenters. The van der Waals surface area contributed by atoms with Crippen molar-refractivity contribution in [3.05, 3.63) is 65.0 Å². The summed E-state index contributed by atoms with van der Waals surface area (Å²) in [6, 6.07) is 16.4. The Morgan fingerprint density at radius 1 is 0.902 bits per heavy atom. The van der Waals surface area contributed by atoms with Gasteiger partial charge in [0.15, 0.2) is 17.1 Å². The van der Waals surface area contributed by atoms with E-state index < -0.39 is 21.7 Å². The molecule has 0 saturated heterocycles. The fourth-order valence-electron chi connectivity index (χ4n) is 6.36. The van der Waals surface area contributed by atoms with E-state index >= 15 is 0 Å². The fourth-order valence-corrected chi connectivity index (χ4v) is 8.70. The molecule has 0 radical (unpaired) electrons. The summed E-state index contributed by atoms with van der Waals surface area (Å²) in [5, 5.41) is 4.93. The van der Waals surface area contributed by atoms with E-state index in [4.69, 9.17) is 34.0 Å². The largest absolute Gasteiger partial charge is 0.467 e. The van der Waals surface area contributed by atoms with Crippen molar-refractivity contribution in [3.8, 4) is 22.4 Å². The number of fused-ring (bicyclic) bond motifs is 1. The van der Waals surface area contributed by atoms with Crippen LogP contribution in [-0.4, -0.2) is 88.2 Å². The van der Waals surface area contributed by atoms with Gasteiger partial charge in [-0.05, 0) is 59.8 Å². The maximum Gasteiger partial charge on any atom is 0.338 e. The molecule has 10 nitrogen and oxygen atoms in total. The minimum absolute atomic E-state index is 0.0693. The first-order chi connectivity index (χ1) is 24.2. The first-order valence-corrected chi connectivity index (χ1v) is 26.1. The van der Waals surface area contributed by atoms with Crippen LogP contribution >= 0.6 is 15.9 Å². The molecule has 4 aromatic rings. The topological polar surface area (TPSA) is 100 Å². The second-order valence-electron chi connectivity index (χ2n) is 15.9. The summed E-state index contributed by atoms with van der Waals surface area (Å²) in [6.45, 7) is 16.2. The molecule has 13 heteroatoms. The van der Waals surface area contributed by atoms with Gasteiger partial charge < -0.3 is 23.8 Å². The third kappa shape index (κ3) is 9.73. The number of carbonyl (C=O) groups excluding carboxylic acids is 1. The molecule has 51 heavy (non-hydrogen) atoms. The molecule has 0 amide bonds. The van der Waals surface area contributed by atoms with Crippen LogP contribution in [0.2, 0.25) is 51.4 Å². The van der Waals surface area contributed by atoms with Gasteiger partial charge in [-0.1, -0.05) is 75.7 Å². The Hall–Kier alpha value is -2.95. The van der Waals surface area contributed by atoms with E-state index in [2.05, 4.69) is 78.3 Å². The van der Waals surface area contributed by atoms with E-state index in [1.54, 1.807) is 7.11 Å². The van der Waals surface area contributed by atoms with E-state index in [-0.39, 0.29) is 11.9 Å². The van der Waals surface area contributed by atoms with Gasteiger partial charge in [0.05, 0.1) is 29.2 Å². The summed E-state index contributed by atoms with van der Waals surface area (Å²) in [5.41, 5.74) is 4.46. The van der Waals surface area contributed by atoms with Gasteiger partial charge >= 0.3 is 5.97 Å².